The first kappa shape index (κ1) is 19.2. The molecule has 0 saturated heterocycles. The number of thiazole rings is 1. The molecule has 5 nitrogen and oxygen atoms in total. The van der Waals surface area contributed by atoms with Gasteiger partial charge in [-0.1, -0.05) is 18.2 Å². The van der Waals surface area contributed by atoms with Crippen molar-refractivity contribution in [1.82, 2.24) is 4.98 Å². The lowest BCUT2D eigenvalue weighted by Gasteiger charge is -2.17. The number of nitrogens with zero attached hydrogens (tertiary/aromatic N) is 1. The molecule has 2 aromatic carbocycles. The molecule has 1 unspecified atom stereocenters. The Kier molecular flexibility index (Phi) is 5.38. The van der Waals surface area contributed by atoms with E-state index >= 15 is 0 Å². The van der Waals surface area contributed by atoms with Crippen LogP contribution in [0.3, 0.4) is 0 Å². The van der Waals surface area contributed by atoms with E-state index in [0.29, 0.717) is 6.07 Å². The maximum absolute atomic E-state index is 14.1. The van der Waals surface area contributed by atoms with E-state index in [0.717, 1.165) is 17.4 Å². The van der Waals surface area contributed by atoms with Gasteiger partial charge in [0.25, 0.3) is 10.0 Å². The van der Waals surface area contributed by atoms with Crippen LogP contribution in [0.2, 0.25) is 0 Å². The molecule has 0 bridgehead atoms. The van der Waals surface area contributed by atoms with Crippen molar-refractivity contribution in [3.8, 4) is 5.75 Å². The van der Waals surface area contributed by atoms with Crippen molar-refractivity contribution in [2.24, 2.45) is 0 Å². The lowest BCUT2D eigenvalue weighted by molar-refractivity contribution is 0.219. The van der Waals surface area contributed by atoms with Gasteiger partial charge in [-0.15, -0.1) is 11.3 Å². The Hall–Kier alpha value is -2.59. The molecule has 0 aliphatic carbocycles. The van der Waals surface area contributed by atoms with E-state index in [2.05, 4.69) is 9.71 Å². The van der Waals surface area contributed by atoms with E-state index in [9.17, 15) is 21.6 Å². The van der Waals surface area contributed by atoms with Crippen LogP contribution in [0.5, 0.6) is 5.75 Å². The number of anilines is 1. The predicted molar refractivity (Wildman–Crippen MR) is 94.7 cm³/mol. The van der Waals surface area contributed by atoms with E-state index < -0.39 is 38.5 Å². The number of ether oxygens (including phenoxy) is 1. The van der Waals surface area contributed by atoms with Gasteiger partial charge in [-0.25, -0.2) is 26.6 Å². The van der Waals surface area contributed by atoms with E-state index in [-0.39, 0.29) is 17.1 Å². The van der Waals surface area contributed by atoms with Gasteiger partial charge in [0, 0.05) is 23.1 Å². The highest BCUT2D eigenvalue weighted by atomic mass is 32.2. The maximum Gasteiger partial charge on any atom is 0.266 e. The Morgan fingerprint density at radius 2 is 1.89 bits per heavy atom. The second kappa shape index (κ2) is 7.57. The highest BCUT2D eigenvalue weighted by Crippen LogP contribution is 2.29. The summed E-state index contributed by atoms with van der Waals surface area (Å²) in [5.74, 6) is -3.78. The second-order valence-corrected chi connectivity index (χ2v) is 7.85. The van der Waals surface area contributed by atoms with Crippen molar-refractivity contribution in [3.05, 3.63) is 70.3 Å². The number of nitrogens with one attached hydrogen (secondary N) is 1. The van der Waals surface area contributed by atoms with Crippen LogP contribution in [0, 0.1) is 17.5 Å². The van der Waals surface area contributed by atoms with Gasteiger partial charge >= 0.3 is 0 Å². The molecule has 0 fully saturated rings. The van der Waals surface area contributed by atoms with Crippen molar-refractivity contribution in [2.75, 3.05) is 4.72 Å². The normalized spacial score (nSPS) is 12.6. The lowest BCUT2D eigenvalue weighted by atomic mass is 10.1. The van der Waals surface area contributed by atoms with E-state index in [1.165, 1.54) is 36.0 Å². The predicted octanol–water partition coefficient (Wildman–Crippen LogP) is 4.50. The molecule has 3 rings (SSSR count). The fraction of sp³-hybridized carbons (Fsp3) is 0.118. The molecule has 0 saturated carbocycles. The smallest absolute Gasteiger partial charge is 0.266 e. The molecule has 3 aromatic rings. The standard InChI is InChI=1S/C17H13F3N2O3S2/c1-10(12-4-2-3-5-13(12)18)25-11-6-14(19)17(20)15(7-11)27(23,24)22-16-8-26-9-21-16/h2-10,22H,1H3. The number of halogens is 3. The molecule has 10 heteroatoms. The molecule has 0 aliphatic rings. The summed E-state index contributed by atoms with van der Waals surface area (Å²) in [5, 5.41) is 1.40. The molecule has 1 aromatic heterocycles. The molecule has 1 atom stereocenters. The molecule has 0 radical (unpaired) electrons. The number of hydrogen-bond acceptors (Lipinski definition) is 5. The lowest BCUT2D eigenvalue weighted by Crippen LogP contribution is -2.16. The third-order valence-corrected chi connectivity index (χ3v) is 5.53. The minimum absolute atomic E-state index is 0.0224. The molecule has 0 spiro atoms. The van der Waals surface area contributed by atoms with Gasteiger partial charge < -0.3 is 4.74 Å². The zero-order chi connectivity index (χ0) is 19.6. The first-order valence-corrected chi connectivity index (χ1v) is 10.0. The Labute approximate surface area is 157 Å². The summed E-state index contributed by atoms with van der Waals surface area (Å²) in [6.07, 6.45) is -0.863. The Bertz CT molecular complexity index is 1060. The van der Waals surface area contributed by atoms with Gasteiger partial charge in [-0.2, -0.15) is 0 Å². The van der Waals surface area contributed by atoms with Gasteiger partial charge in [0.2, 0.25) is 0 Å². The third-order valence-electron chi connectivity index (χ3n) is 3.59. The minimum atomic E-state index is -4.44. The van der Waals surface area contributed by atoms with Gasteiger partial charge in [-0.05, 0) is 13.0 Å². The number of aromatic nitrogens is 1. The monoisotopic (exact) mass is 414 g/mol. The van der Waals surface area contributed by atoms with Gasteiger partial charge in [-0.3, -0.25) is 4.72 Å². The summed E-state index contributed by atoms with van der Waals surface area (Å²) >= 11 is 1.13. The Balaban J connectivity index is 1.93. The van der Waals surface area contributed by atoms with Crippen LogP contribution in [0.4, 0.5) is 19.0 Å². The number of sulfonamides is 1. The fourth-order valence-corrected chi connectivity index (χ4v) is 3.99. The fourth-order valence-electron chi connectivity index (χ4n) is 2.33. The zero-order valence-corrected chi connectivity index (χ0v) is 15.5. The van der Waals surface area contributed by atoms with Crippen LogP contribution in [0.25, 0.3) is 0 Å². The van der Waals surface area contributed by atoms with Crippen molar-refractivity contribution in [1.29, 1.82) is 0 Å². The molecule has 0 amide bonds. The van der Waals surface area contributed by atoms with Gasteiger partial charge in [0.1, 0.15) is 22.6 Å². The Morgan fingerprint density at radius 3 is 2.56 bits per heavy atom. The van der Waals surface area contributed by atoms with Crippen LogP contribution in [0.1, 0.15) is 18.6 Å². The summed E-state index contributed by atoms with van der Waals surface area (Å²) in [6, 6.07) is 7.34. The molecule has 27 heavy (non-hydrogen) atoms. The van der Waals surface area contributed by atoms with Crippen LogP contribution in [-0.2, 0) is 10.0 Å². The van der Waals surface area contributed by atoms with Crippen LogP contribution < -0.4 is 9.46 Å². The summed E-state index contributed by atoms with van der Waals surface area (Å²) in [4.78, 5) is 2.80. The number of rotatable bonds is 6. The molecule has 1 heterocycles. The largest absolute Gasteiger partial charge is 0.486 e. The molecular weight excluding hydrogens is 401 g/mol. The first-order valence-electron chi connectivity index (χ1n) is 7.59. The van der Waals surface area contributed by atoms with E-state index in [4.69, 9.17) is 4.74 Å². The van der Waals surface area contributed by atoms with Crippen LogP contribution >= 0.6 is 11.3 Å². The van der Waals surface area contributed by atoms with Gasteiger partial charge in [0.05, 0.1) is 5.51 Å². The average Bonchev–Trinajstić information content (AvgIpc) is 3.10. The van der Waals surface area contributed by atoms with Crippen molar-refractivity contribution < 1.29 is 26.3 Å². The number of benzene rings is 2. The summed E-state index contributed by atoms with van der Waals surface area (Å²) in [5.41, 5.74) is 1.57. The third kappa shape index (κ3) is 4.22. The summed E-state index contributed by atoms with van der Waals surface area (Å²) in [7, 11) is -4.44. The molecule has 0 aliphatic heterocycles. The quantitative estimate of drug-likeness (QED) is 0.645. The minimum Gasteiger partial charge on any atom is -0.486 e. The SMILES string of the molecule is CC(Oc1cc(F)c(F)c(S(=O)(=O)Nc2cscn2)c1)c1ccccc1F. The van der Waals surface area contributed by atoms with Gasteiger partial charge in [0.15, 0.2) is 17.5 Å². The molecule has 1 N–H and O–H groups in total. The summed E-state index contributed by atoms with van der Waals surface area (Å²) < 4.78 is 74.1. The maximum atomic E-state index is 14.1. The van der Waals surface area contributed by atoms with Crippen molar-refractivity contribution >= 4 is 27.2 Å². The first-order chi connectivity index (χ1) is 12.8. The molecule has 142 valence electrons. The van der Waals surface area contributed by atoms with Crippen LogP contribution in [-0.4, -0.2) is 13.4 Å². The summed E-state index contributed by atoms with van der Waals surface area (Å²) in [6.45, 7) is 1.50. The highest BCUT2D eigenvalue weighted by molar-refractivity contribution is 7.92. The average molecular weight is 414 g/mol. The molecular formula is C17H13F3N2O3S2. The highest BCUT2D eigenvalue weighted by Gasteiger charge is 2.25. The number of hydrogen-bond donors (Lipinski definition) is 1. The topological polar surface area (TPSA) is 68.3 Å². The van der Waals surface area contributed by atoms with Crippen LogP contribution in [0.15, 0.2) is 52.2 Å². The van der Waals surface area contributed by atoms with Crippen molar-refractivity contribution in [2.45, 2.75) is 17.9 Å². The Morgan fingerprint density at radius 1 is 1.15 bits per heavy atom. The second-order valence-electron chi connectivity index (χ2n) is 5.48. The van der Waals surface area contributed by atoms with E-state index in [1.807, 2.05) is 0 Å². The van der Waals surface area contributed by atoms with Crippen molar-refractivity contribution in [3.63, 3.8) is 0 Å². The zero-order valence-electron chi connectivity index (χ0n) is 13.8. The van der Waals surface area contributed by atoms with E-state index in [1.54, 1.807) is 6.07 Å².